The zero-order chi connectivity index (χ0) is 38.9. The molecule has 9 nitrogen and oxygen atoms in total. The number of nitriles is 1. The van der Waals surface area contributed by atoms with E-state index in [4.69, 9.17) is 33.9 Å². The van der Waals surface area contributed by atoms with Gasteiger partial charge in [0.2, 0.25) is 0 Å². The van der Waals surface area contributed by atoms with E-state index in [1.54, 1.807) is 55.5 Å². The maximum absolute atomic E-state index is 17.7. The van der Waals surface area contributed by atoms with Gasteiger partial charge in [-0.15, -0.1) is 0 Å². The molecule has 0 unspecified atom stereocenters. The van der Waals surface area contributed by atoms with Crippen molar-refractivity contribution in [1.29, 1.82) is 5.26 Å². The number of hydrogen-bond acceptors (Lipinski definition) is 6. The number of benzene rings is 2. The average molecular weight is 785 g/mol. The summed E-state index contributed by atoms with van der Waals surface area (Å²) < 4.78 is 35.4. The summed E-state index contributed by atoms with van der Waals surface area (Å²) in [5.41, 5.74) is 8.54. The number of fused-ring (bicyclic) bond motifs is 3. The molecule has 2 N–H and O–H groups in total. The number of alkyl halides is 1. The number of aromatic nitrogens is 3. The van der Waals surface area contributed by atoms with Gasteiger partial charge in [0.05, 0.1) is 33.4 Å². The largest absolute Gasteiger partial charge is 0.343 e. The molecule has 13 heteroatoms. The van der Waals surface area contributed by atoms with Crippen LogP contribution in [0.4, 0.5) is 8.78 Å². The Morgan fingerprint density at radius 1 is 1.15 bits per heavy atom. The van der Waals surface area contributed by atoms with Crippen LogP contribution in [-0.2, 0) is 11.2 Å². The average Bonchev–Trinajstić information content (AvgIpc) is 3.55. The molecule has 3 fully saturated rings. The number of nitrogens with two attached hydrogens (primary N) is 1. The highest BCUT2D eigenvalue weighted by Crippen LogP contribution is 2.52. The first-order valence-corrected chi connectivity index (χ1v) is 19.5. The quantitative estimate of drug-likeness (QED) is 0.160. The van der Waals surface area contributed by atoms with Crippen molar-refractivity contribution in [3.05, 3.63) is 81.5 Å². The van der Waals surface area contributed by atoms with Crippen molar-refractivity contribution in [3.8, 4) is 28.5 Å². The highest BCUT2D eigenvalue weighted by atomic mass is 35.5. The summed E-state index contributed by atoms with van der Waals surface area (Å²) in [6, 6.07) is 14.0. The molecule has 3 aliphatic rings. The Morgan fingerprint density at radius 3 is 2.58 bits per heavy atom. The normalized spacial score (nSPS) is 21.5. The summed E-state index contributed by atoms with van der Waals surface area (Å²) >= 11 is 13.2. The van der Waals surface area contributed by atoms with Crippen molar-refractivity contribution in [2.24, 2.45) is 17.6 Å². The lowest BCUT2D eigenvalue weighted by atomic mass is 9.70. The van der Waals surface area contributed by atoms with Crippen LogP contribution in [0.25, 0.3) is 44.2 Å². The molecule has 5 aromatic rings. The monoisotopic (exact) mass is 783 g/mol. The van der Waals surface area contributed by atoms with Crippen LogP contribution in [0.1, 0.15) is 79.3 Å². The fourth-order valence-corrected chi connectivity index (χ4v) is 9.24. The van der Waals surface area contributed by atoms with Crippen LogP contribution in [-0.4, -0.2) is 69.0 Å². The van der Waals surface area contributed by atoms with Crippen molar-refractivity contribution < 1.29 is 18.4 Å². The molecule has 0 bridgehead atoms. The molecule has 2 aromatic carbocycles. The Morgan fingerprint density at radius 2 is 1.93 bits per heavy atom. The maximum atomic E-state index is 17.7. The van der Waals surface area contributed by atoms with Gasteiger partial charge in [0, 0.05) is 72.5 Å². The molecule has 0 radical (unpaired) electrons. The van der Waals surface area contributed by atoms with Crippen molar-refractivity contribution in [1.82, 2.24) is 24.3 Å². The molecule has 4 atom stereocenters. The Hall–Kier alpha value is -4.63. The van der Waals surface area contributed by atoms with E-state index in [9.17, 15) is 14.9 Å². The first kappa shape index (κ1) is 37.3. The third kappa shape index (κ3) is 6.14. The summed E-state index contributed by atoms with van der Waals surface area (Å²) in [5, 5.41) is 11.3. The Balaban J connectivity index is 1.48. The van der Waals surface area contributed by atoms with Crippen molar-refractivity contribution in [3.63, 3.8) is 0 Å². The molecule has 1 aliphatic heterocycles. The third-order valence-corrected chi connectivity index (χ3v) is 12.6. The summed E-state index contributed by atoms with van der Waals surface area (Å²) in [6.07, 6.45) is 4.59. The molecular formula is C42H41Cl2F2N7O2. The first-order valence-electron chi connectivity index (χ1n) is 18.8. The second-order valence-corrected chi connectivity index (χ2v) is 16.3. The number of halogens is 4. The summed E-state index contributed by atoms with van der Waals surface area (Å²) in [6.45, 7) is 3.03. The zero-order valence-corrected chi connectivity index (χ0v) is 32.4. The Labute approximate surface area is 328 Å². The van der Waals surface area contributed by atoms with Crippen LogP contribution < -0.4 is 5.73 Å². The number of amides is 2. The highest BCUT2D eigenvalue weighted by molar-refractivity contribution is 6.43. The minimum absolute atomic E-state index is 0.0740. The fourth-order valence-electron chi connectivity index (χ4n) is 8.84. The number of hydrogen-bond donors (Lipinski definition) is 1. The number of pyridine rings is 2. The van der Waals surface area contributed by atoms with Gasteiger partial charge in [-0.1, -0.05) is 42.3 Å². The number of aryl methyl sites for hydroxylation is 1. The lowest BCUT2D eigenvalue weighted by molar-refractivity contribution is -0.139. The molecule has 4 heterocycles. The van der Waals surface area contributed by atoms with Crippen LogP contribution in [0.2, 0.25) is 10.0 Å². The smallest absolute Gasteiger partial charge is 0.271 e. The molecule has 55 heavy (non-hydrogen) atoms. The van der Waals surface area contributed by atoms with Crippen LogP contribution in [0.15, 0.2) is 48.7 Å². The van der Waals surface area contributed by atoms with Gasteiger partial charge < -0.3 is 20.1 Å². The number of carbonyl (C=O) groups is 2. The first-order chi connectivity index (χ1) is 26.4. The SMILES string of the molecule is C[C@H]1C[C@H](CN)[C@@H]1n1c([C@H]2CCCN2C(=O)C2(F)CC2)cc2c(-c3ccc(C(=O)N(C)C)nc3)nc3c(F)c(-c4cccc(Cl)c4Cl)c(CCC#N)cc3c21. The van der Waals surface area contributed by atoms with Gasteiger partial charge in [0.25, 0.3) is 11.8 Å². The Bertz CT molecular complexity index is 2420. The summed E-state index contributed by atoms with van der Waals surface area (Å²) in [5.74, 6) is -1.08. The number of likely N-dealkylation sites (tertiary alicyclic amines) is 1. The van der Waals surface area contributed by atoms with E-state index in [1.165, 1.54) is 4.90 Å². The minimum Gasteiger partial charge on any atom is -0.343 e. The number of rotatable bonds is 9. The topological polar surface area (TPSA) is 121 Å². The maximum Gasteiger partial charge on any atom is 0.271 e. The summed E-state index contributed by atoms with van der Waals surface area (Å²) in [7, 11) is 3.30. The van der Waals surface area contributed by atoms with Gasteiger partial charge >= 0.3 is 0 Å². The van der Waals surface area contributed by atoms with E-state index in [1.807, 2.05) is 12.1 Å². The second kappa shape index (κ2) is 14.1. The highest BCUT2D eigenvalue weighted by Gasteiger charge is 2.55. The van der Waals surface area contributed by atoms with Gasteiger partial charge in [-0.05, 0) is 92.8 Å². The van der Waals surface area contributed by atoms with Gasteiger partial charge in [0.1, 0.15) is 11.2 Å². The minimum atomic E-state index is -1.84. The molecule has 2 aliphatic carbocycles. The lowest BCUT2D eigenvalue weighted by Gasteiger charge is -2.45. The van der Waals surface area contributed by atoms with Crippen LogP contribution in [0.5, 0.6) is 0 Å². The van der Waals surface area contributed by atoms with E-state index in [-0.39, 0.29) is 76.3 Å². The number of nitrogens with zero attached hydrogens (tertiary/aromatic N) is 6. The zero-order valence-electron chi connectivity index (χ0n) is 30.9. The molecular weight excluding hydrogens is 743 g/mol. The van der Waals surface area contributed by atoms with E-state index >= 15 is 8.78 Å². The van der Waals surface area contributed by atoms with Gasteiger partial charge in [0.15, 0.2) is 11.5 Å². The van der Waals surface area contributed by atoms with E-state index in [2.05, 4.69) is 22.5 Å². The number of carbonyl (C=O) groups excluding carboxylic acids is 2. The Kier molecular flexibility index (Phi) is 9.59. The van der Waals surface area contributed by atoms with Crippen LogP contribution in [0, 0.1) is 29.0 Å². The molecule has 2 saturated carbocycles. The molecule has 3 aromatic heterocycles. The predicted octanol–water partition coefficient (Wildman–Crippen LogP) is 8.84. The van der Waals surface area contributed by atoms with Gasteiger partial charge in [-0.3, -0.25) is 14.6 Å². The fraction of sp³-hybridized carbons (Fsp3) is 0.405. The second-order valence-electron chi connectivity index (χ2n) is 15.5. The standard InChI is InChI=1S/C42H41Cl2F2N7O2/c1-22-17-25(20-48)38(22)53-32(31-10-6-16-52(31)41(55)42(46)13-14-42)19-28-36(24-11-12-30(49-21-24)40(54)51(2)3)50-37-27(39(28)53)18-23(7-5-15-47)33(35(37)45)26-8-4-9-29(43)34(26)44/h4,8-9,11-12,18-19,21-22,25,31,38H,5-7,10,13-14,16-17,20,48H2,1-3H3/t22-,25+,31+,38+/m0/s1. The van der Waals surface area contributed by atoms with Crippen molar-refractivity contribution in [2.75, 3.05) is 27.2 Å². The van der Waals surface area contributed by atoms with Gasteiger partial charge in [-0.25, -0.2) is 13.8 Å². The van der Waals surface area contributed by atoms with Crippen molar-refractivity contribution >= 4 is 56.8 Å². The van der Waals surface area contributed by atoms with E-state index in [0.717, 1.165) is 12.1 Å². The summed E-state index contributed by atoms with van der Waals surface area (Å²) in [4.78, 5) is 39.2. The van der Waals surface area contributed by atoms with Gasteiger partial charge in [-0.2, -0.15) is 5.26 Å². The van der Waals surface area contributed by atoms with E-state index < -0.39 is 23.4 Å². The molecule has 8 rings (SSSR count). The lowest BCUT2D eigenvalue weighted by Crippen LogP contribution is -2.43. The third-order valence-electron chi connectivity index (χ3n) is 11.8. The molecule has 2 amide bonds. The predicted molar refractivity (Wildman–Crippen MR) is 210 cm³/mol. The molecule has 1 saturated heterocycles. The van der Waals surface area contributed by atoms with Crippen molar-refractivity contribution in [2.45, 2.75) is 69.6 Å². The molecule has 0 spiro atoms. The molecule has 284 valence electrons. The van der Waals surface area contributed by atoms with Crippen LogP contribution >= 0.6 is 23.2 Å². The van der Waals surface area contributed by atoms with E-state index in [0.29, 0.717) is 64.6 Å². The van der Waals surface area contributed by atoms with Crippen LogP contribution in [0.3, 0.4) is 0 Å².